The molecule has 1 aromatic heterocycles. The predicted octanol–water partition coefficient (Wildman–Crippen LogP) is 4.59. The van der Waals surface area contributed by atoms with Crippen LogP contribution < -0.4 is 5.32 Å². The normalized spacial score (nSPS) is 14.3. The van der Waals surface area contributed by atoms with Gasteiger partial charge in [-0.3, -0.25) is 14.2 Å². The van der Waals surface area contributed by atoms with Crippen LogP contribution in [0.3, 0.4) is 0 Å². The fourth-order valence-electron chi connectivity index (χ4n) is 3.42. The molecule has 0 spiro atoms. The Kier molecular flexibility index (Phi) is 6.18. The number of halogens is 1. The van der Waals surface area contributed by atoms with E-state index in [9.17, 15) is 14.0 Å². The van der Waals surface area contributed by atoms with Gasteiger partial charge >= 0.3 is 0 Å². The number of carbonyl (C=O) groups is 2. The standard InChI is InChI=1S/C23H23FN4O2S/c1-14(25-15(2)29)16-7-9-17(10-8-16)21(30)13-31-23-27-26-22(28(23)18-11-12-18)19-5-3-4-6-20(19)24/h3-10,14,18H,11-13H2,1-2H3,(H,25,29). The first kappa shape index (κ1) is 21.2. The van der Waals surface area contributed by atoms with Crippen molar-refractivity contribution in [3.05, 3.63) is 65.5 Å². The van der Waals surface area contributed by atoms with Crippen LogP contribution in [0.4, 0.5) is 4.39 Å². The second-order valence-electron chi connectivity index (χ2n) is 7.64. The summed E-state index contributed by atoms with van der Waals surface area (Å²) < 4.78 is 16.2. The predicted molar refractivity (Wildman–Crippen MR) is 117 cm³/mol. The molecule has 1 unspecified atom stereocenters. The van der Waals surface area contributed by atoms with Crippen LogP contribution in [0.5, 0.6) is 0 Å². The van der Waals surface area contributed by atoms with Gasteiger partial charge in [-0.25, -0.2) is 4.39 Å². The van der Waals surface area contributed by atoms with Gasteiger partial charge < -0.3 is 5.32 Å². The minimum atomic E-state index is -0.335. The van der Waals surface area contributed by atoms with Crippen LogP contribution in [0, 0.1) is 5.82 Å². The van der Waals surface area contributed by atoms with E-state index in [2.05, 4.69) is 15.5 Å². The Bertz CT molecular complexity index is 1110. The molecule has 4 rings (SSSR count). The molecule has 1 saturated carbocycles. The molecular weight excluding hydrogens is 415 g/mol. The summed E-state index contributed by atoms with van der Waals surface area (Å²) in [6.07, 6.45) is 1.99. The van der Waals surface area contributed by atoms with Crippen LogP contribution in [0.15, 0.2) is 53.7 Å². The summed E-state index contributed by atoms with van der Waals surface area (Å²) >= 11 is 1.32. The number of amides is 1. The van der Waals surface area contributed by atoms with Crippen LogP contribution in [0.1, 0.15) is 54.7 Å². The fraction of sp³-hybridized carbons (Fsp3) is 0.304. The molecule has 1 aliphatic carbocycles. The van der Waals surface area contributed by atoms with Crippen molar-refractivity contribution >= 4 is 23.5 Å². The number of aromatic nitrogens is 3. The number of carbonyl (C=O) groups excluding carboxylic acids is 2. The van der Waals surface area contributed by atoms with E-state index in [1.807, 2.05) is 23.6 Å². The third-order valence-electron chi connectivity index (χ3n) is 5.18. The van der Waals surface area contributed by atoms with Crippen LogP contribution in [0.2, 0.25) is 0 Å². The molecule has 31 heavy (non-hydrogen) atoms. The molecule has 1 atom stereocenters. The van der Waals surface area contributed by atoms with E-state index in [-0.39, 0.29) is 35.3 Å². The number of nitrogens with zero attached hydrogens (tertiary/aromatic N) is 3. The average Bonchev–Trinajstić information content (AvgIpc) is 3.51. The maximum atomic E-state index is 14.3. The Morgan fingerprint density at radius 1 is 1.16 bits per heavy atom. The van der Waals surface area contributed by atoms with E-state index in [1.54, 1.807) is 30.3 Å². The zero-order valence-corrected chi connectivity index (χ0v) is 18.2. The lowest BCUT2D eigenvalue weighted by Crippen LogP contribution is -2.23. The molecule has 0 bridgehead atoms. The van der Waals surface area contributed by atoms with Gasteiger partial charge in [-0.2, -0.15) is 0 Å². The minimum absolute atomic E-state index is 0.0264. The van der Waals surface area contributed by atoms with Crippen molar-refractivity contribution in [2.45, 2.75) is 43.9 Å². The number of nitrogens with one attached hydrogen (secondary N) is 1. The van der Waals surface area contributed by atoms with Gasteiger partial charge in [0.2, 0.25) is 5.91 Å². The average molecular weight is 439 g/mol. The summed E-state index contributed by atoms with van der Waals surface area (Å²) in [7, 11) is 0. The van der Waals surface area contributed by atoms with Gasteiger partial charge in [0.25, 0.3) is 0 Å². The number of Topliss-reactive ketones (excluding diaryl/α,β-unsaturated/α-hetero) is 1. The number of thioether (sulfide) groups is 1. The largest absolute Gasteiger partial charge is 0.350 e. The lowest BCUT2D eigenvalue weighted by Gasteiger charge is -2.13. The van der Waals surface area contributed by atoms with Crippen LogP contribution >= 0.6 is 11.8 Å². The third kappa shape index (κ3) is 4.85. The van der Waals surface area contributed by atoms with Crippen LogP contribution in [-0.2, 0) is 4.79 Å². The number of ketones is 1. The van der Waals surface area contributed by atoms with Gasteiger partial charge in [-0.1, -0.05) is 48.2 Å². The van der Waals surface area contributed by atoms with Crippen molar-refractivity contribution in [2.75, 3.05) is 5.75 Å². The Labute approximate surface area is 184 Å². The first-order valence-corrected chi connectivity index (χ1v) is 11.2. The highest BCUT2D eigenvalue weighted by molar-refractivity contribution is 7.99. The third-order valence-corrected chi connectivity index (χ3v) is 6.12. The summed E-state index contributed by atoms with van der Waals surface area (Å²) in [5.74, 6) is 0.257. The number of benzene rings is 2. The maximum absolute atomic E-state index is 14.3. The SMILES string of the molecule is CC(=O)NC(C)c1ccc(C(=O)CSc2nnc(-c3ccccc3F)n2C2CC2)cc1. The van der Waals surface area contributed by atoms with Crippen molar-refractivity contribution in [3.8, 4) is 11.4 Å². The van der Waals surface area contributed by atoms with Crippen LogP contribution in [0.25, 0.3) is 11.4 Å². The molecule has 1 aliphatic rings. The summed E-state index contributed by atoms with van der Waals surface area (Å²) in [4.78, 5) is 23.9. The first-order valence-electron chi connectivity index (χ1n) is 10.2. The molecule has 1 heterocycles. The van der Waals surface area contributed by atoms with Crippen molar-refractivity contribution < 1.29 is 14.0 Å². The highest BCUT2D eigenvalue weighted by Crippen LogP contribution is 2.41. The van der Waals surface area contributed by atoms with Crippen molar-refractivity contribution in [3.63, 3.8) is 0 Å². The molecule has 1 amide bonds. The monoisotopic (exact) mass is 438 g/mol. The Morgan fingerprint density at radius 3 is 2.52 bits per heavy atom. The Balaban J connectivity index is 1.47. The van der Waals surface area contributed by atoms with Gasteiger partial charge in [0, 0.05) is 18.5 Å². The van der Waals surface area contributed by atoms with Crippen molar-refractivity contribution in [1.29, 1.82) is 0 Å². The molecule has 1 fully saturated rings. The molecule has 3 aromatic rings. The molecule has 2 aromatic carbocycles. The van der Waals surface area contributed by atoms with E-state index in [4.69, 9.17) is 0 Å². The molecule has 1 N–H and O–H groups in total. The Hall–Kier alpha value is -3.00. The van der Waals surface area contributed by atoms with E-state index in [0.717, 1.165) is 18.4 Å². The summed E-state index contributed by atoms with van der Waals surface area (Å²) in [6, 6.07) is 13.9. The van der Waals surface area contributed by atoms with Gasteiger partial charge in [-0.15, -0.1) is 10.2 Å². The quantitative estimate of drug-likeness (QED) is 0.411. The van der Waals surface area contributed by atoms with E-state index >= 15 is 0 Å². The number of hydrogen-bond donors (Lipinski definition) is 1. The second kappa shape index (κ2) is 9.01. The van der Waals surface area contributed by atoms with Crippen LogP contribution in [-0.4, -0.2) is 32.2 Å². The lowest BCUT2D eigenvalue weighted by molar-refractivity contribution is -0.119. The highest BCUT2D eigenvalue weighted by Gasteiger charge is 2.31. The van der Waals surface area contributed by atoms with Gasteiger partial charge in [0.05, 0.1) is 17.4 Å². The van der Waals surface area contributed by atoms with Crippen molar-refractivity contribution in [1.82, 2.24) is 20.1 Å². The molecule has 0 saturated heterocycles. The molecular formula is C23H23FN4O2S. The molecule has 0 radical (unpaired) electrons. The van der Waals surface area contributed by atoms with E-state index < -0.39 is 0 Å². The summed E-state index contributed by atoms with van der Waals surface area (Å²) in [5, 5.41) is 11.9. The molecule has 6 nitrogen and oxygen atoms in total. The molecule has 0 aliphatic heterocycles. The summed E-state index contributed by atoms with van der Waals surface area (Å²) in [6.45, 7) is 3.37. The van der Waals surface area contributed by atoms with E-state index in [0.29, 0.717) is 22.1 Å². The zero-order chi connectivity index (χ0) is 22.0. The molecule has 160 valence electrons. The Morgan fingerprint density at radius 2 is 1.87 bits per heavy atom. The number of hydrogen-bond acceptors (Lipinski definition) is 5. The zero-order valence-electron chi connectivity index (χ0n) is 17.3. The maximum Gasteiger partial charge on any atom is 0.217 e. The van der Waals surface area contributed by atoms with Crippen molar-refractivity contribution in [2.24, 2.45) is 0 Å². The number of rotatable bonds is 8. The van der Waals surface area contributed by atoms with Gasteiger partial charge in [-0.05, 0) is 37.5 Å². The fourth-order valence-corrected chi connectivity index (χ4v) is 4.32. The summed E-state index contributed by atoms with van der Waals surface area (Å²) in [5.41, 5.74) is 1.95. The lowest BCUT2D eigenvalue weighted by atomic mass is 10.0. The minimum Gasteiger partial charge on any atom is -0.350 e. The first-order chi connectivity index (χ1) is 14.9. The van der Waals surface area contributed by atoms with E-state index in [1.165, 1.54) is 24.8 Å². The smallest absolute Gasteiger partial charge is 0.217 e. The van der Waals surface area contributed by atoms with Gasteiger partial charge in [0.15, 0.2) is 16.8 Å². The topological polar surface area (TPSA) is 76.9 Å². The molecule has 8 heteroatoms. The second-order valence-corrected chi connectivity index (χ2v) is 8.59. The van der Waals surface area contributed by atoms with Gasteiger partial charge in [0.1, 0.15) is 5.82 Å². The highest BCUT2D eigenvalue weighted by atomic mass is 32.2.